The number of halogens is 1. The Bertz CT molecular complexity index is 791. The molecule has 0 spiro atoms. The summed E-state index contributed by atoms with van der Waals surface area (Å²) in [5.74, 6) is 0. The third kappa shape index (κ3) is 3.88. The Morgan fingerprint density at radius 2 is 1.82 bits per heavy atom. The van der Waals surface area contributed by atoms with Gasteiger partial charge in [0.05, 0.1) is 17.2 Å². The van der Waals surface area contributed by atoms with E-state index in [0.29, 0.717) is 16.5 Å². The molecule has 6 nitrogen and oxygen atoms in total. The van der Waals surface area contributed by atoms with E-state index >= 15 is 0 Å². The molecule has 0 aromatic heterocycles. The second-order valence-corrected chi connectivity index (χ2v) is 6.88. The minimum atomic E-state index is -3.88. The van der Waals surface area contributed by atoms with Crippen molar-refractivity contribution in [2.75, 3.05) is 25.6 Å². The summed E-state index contributed by atoms with van der Waals surface area (Å²) in [6.07, 6.45) is -0.649. The number of ether oxygens (including phenoxy) is 2. The normalized spacial score (nSPS) is 11.4. The number of amides is 1. The predicted molar refractivity (Wildman–Crippen MR) is 83.8 cm³/mol. The molecular formula is C14H14ClNO5S. The number of fused-ring (bicyclic) bond motifs is 1. The fraction of sp³-hybridized carbons (Fsp3) is 0.214. The van der Waals surface area contributed by atoms with Crippen LogP contribution < -0.4 is 5.32 Å². The van der Waals surface area contributed by atoms with Crippen LogP contribution in [0.2, 0.25) is 0 Å². The first-order valence-electron chi connectivity index (χ1n) is 6.32. The average Bonchev–Trinajstić information content (AvgIpc) is 2.46. The average molecular weight is 344 g/mol. The smallest absolute Gasteiger partial charge is 0.411 e. The maximum absolute atomic E-state index is 11.7. The van der Waals surface area contributed by atoms with E-state index in [1.54, 1.807) is 30.3 Å². The van der Waals surface area contributed by atoms with Crippen LogP contribution in [0.5, 0.6) is 0 Å². The van der Waals surface area contributed by atoms with Gasteiger partial charge in [-0.3, -0.25) is 5.32 Å². The number of hydrogen-bond donors (Lipinski definition) is 1. The first-order valence-corrected chi connectivity index (χ1v) is 8.63. The summed E-state index contributed by atoms with van der Waals surface area (Å²) in [5.41, 5.74) is 0.432. The Balaban J connectivity index is 2.34. The zero-order chi connectivity index (χ0) is 16.2. The molecule has 22 heavy (non-hydrogen) atoms. The lowest BCUT2D eigenvalue weighted by Crippen LogP contribution is -2.16. The Labute approximate surface area is 132 Å². The summed E-state index contributed by atoms with van der Waals surface area (Å²) in [6.45, 7) is 0.409. The van der Waals surface area contributed by atoms with Crippen LogP contribution >= 0.6 is 10.7 Å². The molecule has 0 unspecified atom stereocenters. The molecule has 0 fully saturated rings. The fourth-order valence-corrected chi connectivity index (χ4v) is 3.05. The van der Waals surface area contributed by atoms with Crippen molar-refractivity contribution in [2.45, 2.75) is 4.90 Å². The van der Waals surface area contributed by atoms with Crippen LogP contribution in [-0.2, 0) is 18.5 Å². The Kier molecular flexibility index (Phi) is 5.23. The quantitative estimate of drug-likeness (QED) is 0.666. The highest BCUT2D eigenvalue weighted by Crippen LogP contribution is 2.30. The summed E-state index contributed by atoms with van der Waals surface area (Å²) < 4.78 is 32.9. The molecule has 0 saturated carbocycles. The molecule has 0 saturated heterocycles. The number of rotatable bonds is 5. The highest BCUT2D eigenvalue weighted by atomic mass is 35.7. The maximum atomic E-state index is 11.7. The van der Waals surface area contributed by atoms with Crippen molar-refractivity contribution in [1.29, 1.82) is 0 Å². The third-order valence-corrected chi connectivity index (χ3v) is 4.28. The minimum absolute atomic E-state index is 0.0110. The van der Waals surface area contributed by atoms with E-state index in [1.807, 2.05) is 0 Å². The molecule has 0 aliphatic heterocycles. The van der Waals surface area contributed by atoms with Crippen molar-refractivity contribution in [3.05, 3.63) is 36.4 Å². The van der Waals surface area contributed by atoms with Gasteiger partial charge in [-0.2, -0.15) is 0 Å². The zero-order valence-electron chi connectivity index (χ0n) is 11.7. The van der Waals surface area contributed by atoms with Crippen molar-refractivity contribution in [2.24, 2.45) is 0 Å². The Morgan fingerprint density at radius 1 is 1.14 bits per heavy atom. The van der Waals surface area contributed by atoms with Crippen molar-refractivity contribution < 1.29 is 22.7 Å². The van der Waals surface area contributed by atoms with E-state index in [0.717, 1.165) is 0 Å². The van der Waals surface area contributed by atoms with E-state index in [4.69, 9.17) is 20.2 Å². The number of carbonyl (C=O) groups is 1. The van der Waals surface area contributed by atoms with Crippen molar-refractivity contribution in [3.8, 4) is 0 Å². The predicted octanol–water partition coefficient (Wildman–Crippen LogP) is 2.96. The van der Waals surface area contributed by atoms with Crippen LogP contribution in [0.25, 0.3) is 10.8 Å². The lowest BCUT2D eigenvalue weighted by molar-refractivity contribution is 0.107. The summed E-state index contributed by atoms with van der Waals surface area (Å²) in [6, 6.07) is 9.53. The first kappa shape index (κ1) is 16.5. The zero-order valence-corrected chi connectivity index (χ0v) is 13.3. The SMILES string of the molecule is COCCOC(=O)Nc1cccc2c(S(=O)(=O)Cl)cccc12. The van der Waals surface area contributed by atoms with Crippen molar-refractivity contribution >= 4 is 42.3 Å². The van der Waals surface area contributed by atoms with Gasteiger partial charge < -0.3 is 9.47 Å². The largest absolute Gasteiger partial charge is 0.447 e. The van der Waals surface area contributed by atoms with Gasteiger partial charge >= 0.3 is 6.09 Å². The molecule has 118 valence electrons. The van der Waals surface area contributed by atoms with E-state index in [-0.39, 0.29) is 18.1 Å². The molecule has 0 bridgehead atoms. The number of methoxy groups -OCH3 is 1. The standard InChI is InChI=1S/C14H14ClNO5S/c1-20-8-9-21-14(17)16-12-6-2-5-11-10(12)4-3-7-13(11)22(15,18)19/h2-7H,8-9H2,1H3,(H,16,17). The van der Waals surface area contributed by atoms with Crippen LogP contribution in [0.3, 0.4) is 0 Å². The fourth-order valence-electron chi connectivity index (χ4n) is 1.97. The number of hydrogen-bond acceptors (Lipinski definition) is 5. The van der Waals surface area contributed by atoms with Gasteiger partial charge in [-0.05, 0) is 12.1 Å². The summed E-state index contributed by atoms with van der Waals surface area (Å²) >= 11 is 0. The minimum Gasteiger partial charge on any atom is -0.447 e. The Hall–Kier alpha value is -1.83. The number of nitrogens with one attached hydrogen (secondary N) is 1. The maximum Gasteiger partial charge on any atom is 0.411 e. The molecular weight excluding hydrogens is 330 g/mol. The van der Waals surface area contributed by atoms with Gasteiger partial charge in [-0.25, -0.2) is 13.2 Å². The van der Waals surface area contributed by atoms with Crippen LogP contribution in [-0.4, -0.2) is 34.8 Å². The number of carbonyl (C=O) groups excluding carboxylic acids is 1. The van der Waals surface area contributed by atoms with Crippen LogP contribution in [0.1, 0.15) is 0 Å². The third-order valence-electron chi connectivity index (χ3n) is 2.90. The summed E-state index contributed by atoms with van der Waals surface area (Å²) in [7, 11) is 3.05. The number of anilines is 1. The van der Waals surface area contributed by atoms with Gasteiger partial charge in [0.1, 0.15) is 6.61 Å². The highest BCUT2D eigenvalue weighted by molar-refractivity contribution is 8.14. The second kappa shape index (κ2) is 6.95. The monoisotopic (exact) mass is 343 g/mol. The second-order valence-electron chi connectivity index (χ2n) is 4.35. The molecule has 8 heteroatoms. The van der Waals surface area contributed by atoms with Crippen molar-refractivity contribution in [1.82, 2.24) is 0 Å². The molecule has 0 aliphatic carbocycles. The topological polar surface area (TPSA) is 81.7 Å². The molecule has 1 N–H and O–H groups in total. The molecule has 0 radical (unpaired) electrons. The van der Waals surface area contributed by atoms with Gasteiger partial charge in [0.2, 0.25) is 0 Å². The van der Waals surface area contributed by atoms with Gasteiger partial charge in [-0.1, -0.05) is 24.3 Å². The summed E-state index contributed by atoms with van der Waals surface area (Å²) in [4.78, 5) is 11.7. The van der Waals surface area contributed by atoms with E-state index in [1.165, 1.54) is 13.2 Å². The van der Waals surface area contributed by atoms with E-state index in [9.17, 15) is 13.2 Å². The number of benzene rings is 2. The molecule has 1 amide bonds. The Morgan fingerprint density at radius 3 is 2.50 bits per heavy atom. The van der Waals surface area contributed by atoms with Gasteiger partial charge in [0.15, 0.2) is 0 Å². The molecule has 0 atom stereocenters. The van der Waals surface area contributed by atoms with Crippen LogP contribution in [0.15, 0.2) is 41.3 Å². The van der Waals surface area contributed by atoms with Gasteiger partial charge in [0.25, 0.3) is 9.05 Å². The molecule has 0 aliphatic rings. The van der Waals surface area contributed by atoms with Crippen LogP contribution in [0.4, 0.5) is 10.5 Å². The van der Waals surface area contributed by atoms with Crippen LogP contribution in [0, 0.1) is 0 Å². The lowest BCUT2D eigenvalue weighted by atomic mass is 10.1. The molecule has 2 aromatic rings. The lowest BCUT2D eigenvalue weighted by Gasteiger charge is -2.10. The van der Waals surface area contributed by atoms with Gasteiger partial charge in [0, 0.05) is 28.6 Å². The summed E-state index contributed by atoms with van der Waals surface area (Å²) in [5, 5.41) is 3.54. The van der Waals surface area contributed by atoms with Gasteiger partial charge in [-0.15, -0.1) is 0 Å². The van der Waals surface area contributed by atoms with Crippen molar-refractivity contribution in [3.63, 3.8) is 0 Å². The molecule has 0 heterocycles. The first-order chi connectivity index (χ1) is 10.4. The van der Waals surface area contributed by atoms with E-state index < -0.39 is 15.1 Å². The molecule has 2 aromatic carbocycles. The molecule has 2 rings (SSSR count). The highest BCUT2D eigenvalue weighted by Gasteiger charge is 2.15. The van der Waals surface area contributed by atoms with E-state index in [2.05, 4.69) is 5.32 Å².